The van der Waals surface area contributed by atoms with E-state index >= 15 is 0 Å². The number of hydrogen-bond donors (Lipinski definition) is 1. The maximum atomic E-state index is 11.7. The van der Waals surface area contributed by atoms with Crippen LogP contribution in [-0.4, -0.2) is 60.5 Å². The van der Waals surface area contributed by atoms with Crippen LogP contribution in [0.5, 0.6) is 0 Å². The summed E-state index contributed by atoms with van der Waals surface area (Å²) in [6, 6.07) is 3.62. The van der Waals surface area contributed by atoms with Crippen LogP contribution < -0.4 is 10.2 Å². The molecule has 25 heavy (non-hydrogen) atoms. The summed E-state index contributed by atoms with van der Waals surface area (Å²) in [6.07, 6.45) is 0.903. The van der Waals surface area contributed by atoms with Crippen molar-refractivity contribution >= 4 is 23.7 Å². The van der Waals surface area contributed by atoms with E-state index in [9.17, 15) is 9.59 Å². The highest BCUT2D eigenvalue weighted by Crippen LogP contribution is 2.18. The monoisotopic (exact) mass is 350 g/mol. The zero-order valence-electron chi connectivity index (χ0n) is 15.2. The molecular formula is C17H26N4O4. The van der Waals surface area contributed by atoms with Gasteiger partial charge < -0.3 is 19.3 Å². The van der Waals surface area contributed by atoms with Gasteiger partial charge in [-0.3, -0.25) is 5.32 Å². The van der Waals surface area contributed by atoms with Crippen molar-refractivity contribution in [2.24, 2.45) is 0 Å². The molecule has 8 heteroatoms. The Balaban J connectivity index is 1.86. The zero-order valence-corrected chi connectivity index (χ0v) is 15.2. The number of nitrogens with one attached hydrogen (secondary N) is 1. The number of pyridine rings is 1. The second-order valence-electron chi connectivity index (χ2n) is 6.70. The molecule has 1 saturated heterocycles. The molecule has 0 radical (unpaired) electrons. The van der Waals surface area contributed by atoms with Crippen molar-refractivity contribution in [3.8, 4) is 0 Å². The minimum Gasteiger partial charge on any atom is -0.450 e. The van der Waals surface area contributed by atoms with Crippen LogP contribution in [0, 0.1) is 0 Å². The standard InChI is InChI=1S/C17H26N4O4/c1-5-24-16(23)21-10-8-20(9-11-21)13-6-7-14(18-12-13)19-15(22)25-17(2,3)4/h6-7,12H,5,8-11H2,1-4H3,(H,18,19,22). The fourth-order valence-electron chi connectivity index (χ4n) is 2.42. The van der Waals surface area contributed by atoms with Crippen molar-refractivity contribution in [3.05, 3.63) is 18.3 Å². The number of ether oxygens (including phenoxy) is 2. The van der Waals surface area contributed by atoms with Gasteiger partial charge in [0.15, 0.2) is 0 Å². The third kappa shape index (κ3) is 5.81. The molecule has 1 fully saturated rings. The molecule has 2 heterocycles. The summed E-state index contributed by atoms with van der Waals surface area (Å²) in [7, 11) is 0. The van der Waals surface area contributed by atoms with Crippen molar-refractivity contribution in [1.29, 1.82) is 0 Å². The maximum absolute atomic E-state index is 11.7. The number of carbonyl (C=O) groups is 2. The lowest BCUT2D eigenvalue weighted by Crippen LogP contribution is -2.49. The summed E-state index contributed by atoms with van der Waals surface area (Å²) >= 11 is 0. The maximum Gasteiger partial charge on any atom is 0.413 e. The van der Waals surface area contributed by atoms with Crippen molar-refractivity contribution in [1.82, 2.24) is 9.88 Å². The largest absolute Gasteiger partial charge is 0.450 e. The Morgan fingerprint density at radius 1 is 1.20 bits per heavy atom. The molecule has 8 nitrogen and oxygen atoms in total. The normalized spacial score (nSPS) is 14.9. The highest BCUT2D eigenvalue weighted by molar-refractivity contribution is 5.83. The van der Waals surface area contributed by atoms with Gasteiger partial charge in [-0.2, -0.15) is 0 Å². The highest BCUT2D eigenvalue weighted by Gasteiger charge is 2.22. The number of nitrogens with zero attached hydrogens (tertiary/aromatic N) is 3. The fraction of sp³-hybridized carbons (Fsp3) is 0.588. The Morgan fingerprint density at radius 3 is 2.40 bits per heavy atom. The van der Waals surface area contributed by atoms with E-state index in [1.165, 1.54) is 0 Å². The summed E-state index contributed by atoms with van der Waals surface area (Å²) in [5.41, 5.74) is 0.390. The van der Waals surface area contributed by atoms with E-state index in [-0.39, 0.29) is 6.09 Å². The average Bonchev–Trinajstić information content (AvgIpc) is 2.54. The minimum atomic E-state index is -0.553. The molecule has 0 aliphatic carbocycles. The van der Waals surface area contributed by atoms with Gasteiger partial charge in [-0.05, 0) is 39.8 Å². The molecule has 2 rings (SSSR count). The average molecular weight is 350 g/mol. The second kappa shape index (κ2) is 8.04. The Kier molecular flexibility index (Phi) is 6.06. The second-order valence-corrected chi connectivity index (χ2v) is 6.70. The summed E-state index contributed by atoms with van der Waals surface area (Å²) < 4.78 is 10.2. The summed E-state index contributed by atoms with van der Waals surface area (Å²) in [5, 5.41) is 2.60. The predicted octanol–water partition coefficient (Wildman–Crippen LogP) is 2.71. The van der Waals surface area contributed by atoms with Gasteiger partial charge >= 0.3 is 12.2 Å². The molecule has 0 unspecified atom stereocenters. The van der Waals surface area contributed by atoms with Crippen LogP contribution in [0.3, 0.4) is 0 Å². The first-order valence-corrected chi connectivity index (χ1v) is 8.41. The highest BCUT2D eigenvalue weighted by atomic mass is 16.6. The van der Waals surface area contributed by atoms with Crippen molar-refractivity contribution in [2.45, 2.75) is 33.3 Å². The van der Waals surface area contributed by atoms with Crippen molar-refractivity contribution in [2.75, 3.05) is 43.0 Å². The van der Waals surface area contributed by atoms with Gasteiger partial charge in [0, 0.05) is 26.2 Å². The number of rotatable bonds is 3. The van der Waals surface area contributed by atoms with E-state index in [1.54, 1.807) is 44.9 Å². The van der Waals surface area contributed by atoms with Gasteiger partial charge in [0.2, 0.25) is 0 Å². The fourth-order valence-corrected chi connectivity index (χ4v) is 2.42. The SMILES string of the molecule is CCOC(=O)N1CCN(c2ccc(NC(=O)OC(C)(C)C)nc2)CC1. The molecule has 2 amide bonds. The molecule has 1 aromatic heterocycles. The summed E-state index contributed by atoms with van der Waals surface area (Å²) in [5.74, 6) is 0.433. The first kappa shape index (κ1) is 18.8. The van der Waals surface area contributed by atoms with Crippen LogP contribution in [0.1, 0.15) is 27.7 Å². The third-order valence-corrected chi connectivity index (χ3v) is 3.55. The van der Waals surface area contributed by atoms with Crippen LogP contribution in [0.2, 0.25) is 0 Å². The Bertz CT molecular complexity index is 590. The smallest absolute Gasteiger partial charge is 0.413 e. The van der Waals surface area contributed by atoms with Crippen LogP contribution in [0.25, 0.3) is 0 Å². The van der Waals surface area contributed by atoms with Gasteiger partial charge in [0.25, 0.3) is 0 Å². The Morgan fingerprint density at radius 2 is 1.88 bits per heavy atom. The topological polar surface area (TPSA) is 84.0 Å². The molecule has 0 bridgehead atoms. The van der Waals surface area contributed by atoms with Crippen LogP contribution in [0.15, 0.2) is 18.3 Å². The van der Waals surface area contributed by atoms with Gasteiger partial charge in [-0.15, -0.1) is 0 Å². The van der Waals surface area contributed by atoms with Crippen molar-refractivity contribution < 1.29 is 19.1 Å². The number of hydrogen-bond acceptors (Lipinski definition) is 6. The molecule has 0 aromatic carbocycles. The van der Waals surface area contributed by atoms with Gasteiger partial charge in [-0.1, -0.05) is 0 Å². The quantitative estimate of drug-likeness (QED) is 0.902. The molecule has 0 saturated carbocycles. The van der Waals surface area contributed by atoms with Crippen molar-refractivity contribution in [3.63, 3.8) is 0 Å². The number of piperazine rings is 1. The first-order chi connectivity index (χ1) is 11.8. The minimum absolute atomic E-state index is 0.266. The zero-order chi connectivity index (χ0) is 18.4. The summed E-state index contributed by atoms with van der Waals surface area (Å²) in [6.45, 7) is 10.2. The molecule has 1 aromatic rings. The van der Waals surface area contributed by atoms with Gasteiger partial charge in [-0.25, -0.2) is 14.6 Å². The van der Waals surface area contributed by atoms with E-state index in [2.05, 4.69) is 15.2 Å². The van der Waals surface area contributed by atoms with Crippen LogP contribution >= 0.6 is 0 Å². The Hall–Kier alpha value is -2.51. The van der Waals surface area contributed by atoms with E-state index < -0.39 is 11.7 Å². The third-order valence-electron chi connectivity index (χ3n) is 3.55. The lowest BCUT2D eigenvalue weighted by atomic mass is 10.2. The molecular weight excluding hydrogens is 324 g/mol. The number of anilines is 2. The molecule has 1 N–H and O–H groups in total. The van der Waals surface area contributed by atoms with E-state index in [0.717, 1.165) is 5.69 Å². The number of carbonyl (C=O) groups excluding carboxylic acids is 2. The molecule has 0 spiro atoms. The van der Waals surface area contributed by atoms with Crippen LogP contribution in [-0.2, 0) is 9.47 Å². The van der Waals surface area contributed by atoms with E-state index in [4.69, 9.17) is 9.47 Å². The lowest BCUT2D eigenvalue weighted by Gasteiger charge is -2.35. The molecule has 1 aliphatic rings. The van der Waals surface area contributed by atoms with Gasteiger partial charge in [0.1, 0.15) is 11.4 Å². The van der Waals surface area contributed by atoms with Gasteiger partial charge in [0.05, 0.1) is 18.5 Å². The number of aromatic nitrogens is 1. The molecule has 0 atom stereocenters. The van der Waals surface area contributed by atoms with E-state index in [1.807, 2.05) is 6.07 Å². The summed E-state index contributed by atoms with van der Waals surface area (Å²) in [4.78, 5) is 31.5. The molecule has 1 aliphatic heterocycles. The lowest BCUT2D eigenvalue weighted by molar-refractivity contribution is 0.0635. The van der Waals surface area contributed by atoms with E-state index in [0.29, 0.717) is 38.6 Å². The predicted molar refractivity (Wildman–Crippen MR) is 94.9 cm³/mol. The molecule has 138 valence electrons. The first-order valence-electron chi connectivity index (χ1n) is 8.41. The Labute approximate surface area is 148 Å². The van der Waals surface area contributed by atoms with Crippen LogP contribution in [0.4, 0.5) is 21.1 Å². The number of amides is 2.